The van der Waals surface area contributed by atoms with Gasteiger partial charge in [-0.15, -0.1) is 0 Å². The van der Waals surface area contributed by atoms with Crippen LogP contribution in [0.15, 0.2) is 47.6 Å². The fourth-order valence-electron chi connectivity index (χ4n) is 3.75. The van der Waals surface area contributed by atoms with E-state index in [4.69, 9.17) is 0 Å². The number of H-pyrrole nitrogens is 1. The van der Waals surface area contributed by atoms with Crippen molar-refractivity contribution in [1.29, 1.82) is 0 Å². The van der Waals surface area contributed by atoms with Gasteiger partial charge in [0.15, 0.2) is 5.65 Å². The summed E-state index contributed by atoms with van der Waals surface area (Å²) in [6, 6.07) is 7.69. The predicted molar refractivity (Wildman–Crippen MR) is 118 cm³/mol. The second-order valence-electron chi connectivity index (χ2n) is 8.05. The first-order valence-corrected chi connectivity index (χ1v) is 12.1. The summed E-state index contributed by atoms with van der Waals surface area (Å²) in [5, 5.41) is 12.5. The summed E-state index contributed by atoms with van der Waals surface area (Å²) in [5.41, 5.74) is 1.71. The summed E-state index contributed by atoms with van der Waals surface area (Å²) in [6.45, 7) is -0.445. The van der Waals surface area contributed by atoms with Gasteiger partial charge in [-0.1, -0.05) is 12.1 Å². The van der Waals surface area contributed by atoms with Crippen molar-refractivity contribution < 1.29 is 26.4 Å². The standard InChI is InChI=1S/C21H23F3N6O3S/c22-21(23,24)13-27-17-5-7-30(8-6-17)34(32,33)18-3-1-14(2-4-18)10-26-20(31)16-9-15-12-28-29-19(15)25-11-16/h1-4,9,11-12,17,27H,5-8,10,13H2,(H,26,31)(H,25,28,29)/p+1. The lowest BCUT2D eigenvalue weighted by Gasteiger charge is -2.29. The number of amides is 1. The number of nitrogens with one attached hydrogen (secondary N) is 3. The summed E-state index contributed by atoms with van der Waals surface area (Å²) in [7, 11) is -3.51. The molecule has 1 amide bonds. The molecular weight excluding hydrogens is 473 g/mol. The van der Waals surface area contributed by atoms with Crippen molar-refractivity contribution in [2.75, 3.05) is 19.6 Å². The Hall–Kier alpha value is -3.03. The third-order valence-electron chi connectivity index (χ3n) is 5.63. The highest BCUT2D eigenvalue weighted by atomic mass is 32.2. The van der Waals surface area contributed by atoms with E-state index in [1.165, 1.54) is 22.6 Å². The molecule has 0 saturated carbocycles. The van der Waals surface area contributed by atoms with Crippen LogP contribution in [0.5, 0.6) is 0 Å². The zero-order chi connectivity index (χ0) is 24.3. The first-order valence-electron chi connectivity index (χ1n) is 10.6. The Labute approximate surface area is 193 Å². The van der Waals surface area contributed by atoms with Crippen molar-refractivity contribution >= 4 is 27.0 Å². The highest BCUT2D eigenvalue weighted by molar-refractivity contribution is 7.89. The van der Waals surface area contributed by atoms with Crippen molar-refractivity contribution in [3.8, 4) is 0 Å². The fourth-order valence-corrected chi connectivity index (χ4v) is 5.24. The molecule has 1 unspecified atom stereocenters. The van der Waals surface area contributed by atoms with Crippen LogP contribution in [0.3, 0.4) is 0 Å². The number of aromatic amines is 1. The number of nitrogens with zero attached hydrogens (tertiary/aromatic N) is 3. The van der Waals surface area contributed by atoms with Crippen molar-refractivity contribution in [1.82, 2.24) is 30.1 Å². The molecule has 13 heteroatoms. The van der Waals surface area contributed by atoms with Crippen molar-refractivity contribution in [2.45, 2.75) is 36.5 Å². The van der Waals surface area contributed by atoms with Gasteiger partial charge in [0, 0.05) is 37.3 Å². The Bertz CT molecular complexity index is 1250. The van der Waals surface area contributed by atoms with Crippen LogP contribution in [0.1, 0.15) is 28.8 Å². The number of piperidine rings is 1. The highest BCUT2D eigenvalue weighted by Crippen LogP contribution is 2.22. The molecule has 1 atom stereocenters. The number of aromatic nitrogens is 3. The largest absolute Gasteiger partial charge is 0.401 e. The second kappa shape index (κ2) is 9.68. The minimum Gasteiger partial charge on any atom is -0.348 e. The number of benzene rings is 1. The molecule has 4 N–H and O–H groups in total. The zero-order valence-corrected chi connectivity index (χ0v) is 18.8. The number of rotatable bonds is 7. The van der Waals surface area contributed by atoms with E-state index in [9.17, 15) is 26.4 Å². The molecule has 34 heavy (non-hydrogen) atoms. The van der Waals surface area contributed by atoms with E-state index in [0.29, 0.717) is 24.1 Å². The first-order chi connectivity index (χ1) is 16.1. The number of pyridine rings is 1. The monoisotopic (exact) mass is 497 g/mol. The predicted octanol–water partition coefficient (Wildman–Crippen LogP) is 2.35. The van der Waals surface area contributed by atoms with E-state index in [0.717, 1.165) is 10.9 Å². The molecule has 1 fully saturated rings. The van der Waals surface area contributed by atoms with Gasteiger partial charge in [0.05, 0.1) is 18.3 Å². The molecule has 0 radical (unpaired) electrons. The maximum Gasteiger partial charge on any atom is 0.401 e. The molecule has 9 nitrogen and oxygen atoms in total. The summed E-state index contributed by atoms with van der Waals surface area (Å²) >= 11 is 0. The molecule has 1 aliphatic heterocycles. The van der Waals surface area contributed by atoms with Crippen LogP contribution in [0, 0.1) is 0 Å². The molecule has 1 aromatic carbocycles. The molecule has 1 aliphatic rings. The maximum atomic E-state index is 13.0. The van der Waals surface area contributed by atoms with Crippen LogP contribution in [0.25, 0.3) is 11.0 Å². The molecule has 0 spiro atoms. The number of halogens is 3. The summed E-state index contributed by atoms with van der Waals surface area (Å²) < 4.78 is 62.2. The van der Waals surface area contributed by atoms with Crippen molar-refractivity contribution in [3.63, 3.8) is 0 Å². The Morgan fingerprint density at radius 2 is 1.91 bits per heavy atom. The number of carbonyl (C=O) groups excluding carboxylic acids is 1. The second-order valence-corrected chi connectivity index (χ2v) is 10.0. The lowest BCUT2D eigenvalue weighted by molar-refractivity contribution is -0.126. The van der Waals surface area contributed by atoms with E-state index in [1.54, 1.807) is 24.4 Å². The number of hydrogen-bond acceptors (Lipinski definition) is 5. The van der Waals surface area contributed by atoms with Gasteiger partial charge in [0.2, 0.25) is 0 Å². The topological polar surface area (TPSA) is 124 Å². The number of alkyl halides is 3. The SMILES string of the molecule is O=C(NCc1ccc(S(=O)(=[OH+])N2CCC(NCC(F)(F)F)CC2)cc1)c1cnc2[nH]ncc2c1. The average molecular weight is 498 g/mol. The molecule has 3 heterocycles. The lowest BCUT2D eigenvalue weighted by Crippen LogP contribution is -2.46. The Morgan fingerprint density at radius 3 is 2.59 bits per heavy atom. The van der Waals surface area contributed by atoms with Crippen LogP contribution < -0.4 is 10.6 Å². The van der Waals surface area contributed by atoms with Crippen molar-refractivity contribution in [3.05, 3.63) is 53.9 Å². The van der Waals surface area contributed by atoms with E-state index in [2.05, 4.69) is 25.8 Å². The highest BCUT2D eigenvalue weighted by Gasteiger charge is 2.35. The Kier molecular flexibility index (Phi) is 6.86. The molecule has 4 rings (SSSR count). The van der Waals surface area contributed by atoms with Crippen LogP contribution in [-0.2, 0) is 16.6 Å². The van der Waals surface area contributed by atoms with Crippen LogP contribution in [0.2, 0.25) is 0 Å². The van der Waals surface area contributed by atoms with Crippen LogP contribution in [-0.4, -0.2) is 65.7 Å². The molecule has 3 aromatic rings. The average Bonchev–Trinajstić information content (AvgIpc) is 3.29. The molecule has 2 aromatic heterocycles. The maximum absolute atomic E-state index is 13.0. The van der Waals surface area contributed by atoms with Crippen LogP contribution >= 0.6 is 0 Å². The quantitative estimate of drug-likeness (QED) is 0.432. The van der Waals surface area contributed by atoms with E-state index in [1.807, 2.05) is 0 Å². The number of carbonyl (C=O) groups is 1. The summed E-state index contributed by atoms with van der Waals surface area (Å²) in [4.78, 5) is 16.7. The molecular formula is C21H24F3N6O3S+. The van der Waals surface area contributed by atoms with Gasteiger partial charge >= 0.3 is 16.2 Å². The van der Waals surface area contributed by atoms with Gasteiger partial charge in [-0.3, -0.25) is 9.89 Å². The lowest BCUT2D eigenvalue weighted by atomic mass is 10.1. The molecule has 0 bridgehead atoms. The molecule has 1 saturated heterocycles. The molecule has 182 valence electrons. The van der Waals surface area contributed by atoms with Gasteiger partial charge in [-0.25, -0.2) is 9.19 Å². The summed E-state index contributed by atoms with van der Waals surface area (Å²) in [6.07, 6.45) is -0.574. The van der Waals surface area contributed by atoms with E-state index >= 15 is 0 Å². The number of hydrogen-bond donors (Lipinski definition) is 3. The van der Waals surface area contributed by atoms with Gasteiger partial charge in [0.1, 0.15) is 4.90 Å². The van der Waals surface area contributed by atoms with E-state index in [-0.39, 0.29) is 36.5 Å². The number of fused-ring (bicyclic) bond motifs is 1. The van der Waals surface area contributed by atoms with Gasteiger partial charge in [-0.05, 0) is 36.6 Å². The third-order valence-corrected chi connectivity index (χ3v) is 7.58. The summed E-state index contributed by atoms with van der Waals surface area (Å²) in [5.74, 6) is -0.312. The fraction of sp³-hybridized carbons (Fsp3) is 0.381. The van der Waals surface area contributed by atoms with Gasteiger partial charge < -0.3 is 10.6 Å². The molecule has 0 aliphatic carbocycles. The first kappa shape index (κ1) is 24.1. The Balaban J connectivity index is 1.31. The Morgan fingerprint density at radius 1 is 1.21 bits per heavy atom. The zero-order valence-electron chi connectivity index (χ0n) is 18.0. The minimum atomic E-state index is -4.28. The smallest absolute Gasteiger partial charge is 0.348 e. The van der Waals surface area contributed by atoms with Gasteiger partial charge in [0.25, 0.3) is 5.91 Å². The van der Waals surface area contributed by atoms with Crippen LogP contribution in [0.4, 0.5) is 13.2 Å². The van der Waals surface area contributed by atoms with Gasteiger partial charge in [-0.2, -0.15) is 26.8 Å². The minimum absolute atomic E-state index is 0.206. The van der Waals surface area contributed by atoms with Crippen molar-refractivity contribution in [2.24, 2.45) is 0 Å². The van der Waals surface area contributed by atoms with E-state index < -0.39 is 22.7 Å². The normalized spacial score (nSPS) is 17.5. The third kappa shape index (κ3) is 5.72.